The summed E-state index contributed by atoms with van der Waals surface area (Å²) < 4.78 is 0. The molecular formula is C23H26N4O2S. The van der Waals surface area contributed by atoms with Gasteiger partial charge in [0.05, 0.1) is 0 Å². The van der Waals surface area contributed by atoms with Crippen molar-refractivity contribution in [3.8, 4) is 0 Å². The number of likely N-dealkylation sites (N-methyl/N-ethyl adjacent to an activating group) is 1. The summed E-state index contributed by atoms with van der Waals surface area (Å²) in [5.74, 6) is 0.647. The molecule has 1 fully saturated rings. The van der Waals surface area contributed by atoms with Crippen molar-refractivity contribution in [3.63, 3.8) is 0 Å². The molecule has 2 aromatic carbocycles. The topological polar surface area (TPSA) is 65.0 Å². The maximum Gasteiger partial charge on any atom is 0.325 e. The number of urea groups is 1. The van der Waals surface area contributed by atoms with Crippen molar-refractivity contribution in [3.05, 3.63) is 71.8 Å². The molecule has 2 aliphatic rings. The summed E-state index contributed by atoms with van der Waals surface area (Å²) in [6.45, 7) is 0.686. The van der Waals surface area contributed by atoms with Gasteiger partial charge in [-0.15, -0.1) is 0 Å². The number of rotatable bonds is 7. The molecule has 0 aliphatic carbocycles. The Morgan fingerprint density at radius 3 is 2.27 bits per heavy atom. The summed E-state index contributed by atoms with van der Waals surface area (Å²) in [7, 11) is 1.70. The van der Waals surface area contributed by atoms with Gasteiger partial charge in [-0.1, -0.05) is 72.4 Å². The van der Waals surface area contributed by atoms with Gasteiger partial charge in [-0.25, -0.2) is 9.79 Å². The van der Waals surface area contributed by atoms with Gasteiger partial charge in [-0.3, -0.25) is 10.1 Å². The van der Waals surface area contributed by atoms with Gasteiger partial charge in [0.2, 0.25) is 0 Å². The second-order valence-corrected chi connectivity index (χ2v) is 8.60. The Kier molecular flexibility index (Phi) is 6.38. The lowest BCUT2D eigenvalue weighted by Gasteiger charge is -2.36. The lowest BCUT2D eigenvalue weighted by Crippen LogP contribution is -2.63. The quantitative estimate of drug-likeness (QED) is 0.697. The molecule has 2 atom stereocenters. The van der Waals surface area contributed by atoms with Gasteiger partial charge in [0, 0.05) is 19.3 Å². The van der Waals surface area contributed by atoms with E-state index in [9.17, 15) is 9.59 Å². The molecule has 0 bridgehead atoms. The maximum absolute atomic E-state index is 12.6. The molecule has 2 aliphatic heterocycles. The van der Waals surface area contributed by atoms with E-state index in [1.807, 2.05) is 24.3 Å². The van der Waals surface area contributed by atoms with E-state index >= 15 is 0 Å². The third kappa shape index (κ3) is 4.51. The fourth-order valence-corrected chi connectivity index (χ4v) is 4.86. The average molecular weight is 423 g/mol. The summed E-state index contributed by atoms with van der Waals surface area (Å²) in [4.78, 5) is 33.1. The molecule has 3 amide bonds. The van der Waals surface area contributed by atoms with Crippen LogP contribution in [0, 0.1) is 0 Å². The van der Waals surface area contributed by atoms with Crippen LogP contribution in [0.5, 0.6) is 0 Å². The van der Waals surface area contributed by atoms with Gasteiger partial charge in [-0.2, -0.15) is 0 Å². The number of imide groups is 1. The Labute approximate surface area is 181 Å². The first-order valence-electron chi connectivity index (χ1n) is 10.3. The number of aliphatic imine (C=N–C) groups is 1. The van der Waals surface area contributed by atoms with Crippen molar-refractivity contribution in [2.24, 2.45) is 4.99 Å². The Hall–Kier alpha value is -2.80. The molecule has 0 spiro atoms. The molecule has 2 heterocycles. The SMILES string of the molecule is CN1C(=O)NC(=O)C2C1N=C(SCCCc1ccccc1)N2CCc1ccccc1. The van der Waals surface area contributed by atoms with E-state index in [2.05, 4.69) is 46.6 Å². The van der Waals surface area contributed by atoms with Crippen LogP contribution >= 0.6 is 11.8 Å². The molecule has 1 saturated heterocycles. The molecule has 0 radical (unpaired) electrons. The monoisotopic (exact) mass is 422 g/mol. The van der Waals surface area contributed by atoms with Crippen molar-refractivity contribution in [1.29, 1.82) is 0 Å². The highest BCUT2D eigenvalue weighted by Gasteiger charge is 2.48. The minimum atomic E-state index is -0.465. The maximum atomic E-state index is 12.6. The van der Waals surface area contributed by atoms with Gasteiger partial charge >= 0.3 is 6.03 Å². The molecule has 156 valence electrons. The van der Waals surface area contributed by atoms with Crippen molar-refractivity contribution >= 4 is 28.9 Å². The third-order valence-corrected chi connectivity index (χ3v) is 6.58. The fraction of sp³-hybridized carbons (Fsp3) is 0.348. The van der Waals surface area contributed by atoms with Crippen molar-refractivity contribution in [2.45, 2.75) is 31.5 Å². The van der Waals surface area contributed by atoms with Gasteiger partial charge in [-0.05, 0) is 30.4 Å². The van der Waals surface area contributed by atoms with Crippen molar-refractivity contribution in [1.82, 2.24) is 15.1 Å². The van der Waals surface area contributed by atoms with Crippen LogP contribution in [0.2, 0.25) is 0 Å². The van der Waals surface area contributed by atoms with Crippen LogP contribution in [0.3, 0.4) is 0 Å². The number of carbonyl (C=O) groups is 2. The number of fused-ring (bicyclic) bond motifs is 1. The summed E-state index contributed by atoms with van der Waals surface area (Å²) >= 11 is 1.68. The van der Waals surface area contributed by atoms with Crippen LogP contribution in [-0.4, -0.2) is 58.5 Å². The Bertz CT molecular complexity index is 919. The highest BCUT2D eigenvalue weighted by molar-refractivity contribution is 8.13. The zero-order valence-corrected chi connectivity index (χ0v) is 17.8. The largest absolute Gasteiger partial charge is 0.335 e. The average Bonchev–Trinajstić information content (AvgIpc) is 3.14. The van der Waals surface area contributed by atoms with E-state index in [0.29, 0.717) is 6.54 Å². The fourth-order valence-electron chi connectivity index (χ4n) is 3.83. The summed E-state index contributed by atoms with van der Waals surface area (Å²) in [6, 6.07) is 19.8. The zero-order valence-electron chi connectivity index (χ0n) is 17.0. The number of hydrogen-bond acceptors (Lipinski definition) is 5. The van der Waals surface area contributed by atoms with E-state index in [1.165, 1.54) is 16.0 Å². The number of carbonyl (C=O) groups excluding carboxylic acids is 2. The lowest BCUT2D eigenvalue weighted by molar-refractivity contribution is -0.127. The number of amidine groups is 1. The summed E-state index contributed by atoms with van der Waals surface area (Å²) in [5, 5.41) is 3.31. The molecule has 2 aromatic rings. The molecule has 2 unspecified atom stereocenters. The molecule has 1 N–H and O–H groups in total. The minimum Gasteiger partial charge on any atom is -0.335 e. The van der Waals surface area contributed by atoms with Crippen molar-refractivity contribution < 1.29 is 9.59 Å². The molecule has 0 aromatic heterocycles. The molecule has 6 nitrogen and oxygen atoms in total. The van der Waals surface area contributed by atoms with Gasteiger partial charge < -0.3 is 9.80 Å². The first kappa shape index (κ1) is 20.5. The second kappa shape index (κ2) is 9.34. The second-order valence-electron chi connectivity index (χ2n) is 7.54. The number of thioether (sulfide) groups is 1. The number of benzene rings is 2. The standard InChI is InChI=1S/C23H26N4O2S/c1-26-20-19(21(28)25-22(26)29)27(15-14-18-11-6-3-7-12-18)23(24-20)30-16-8-13-17-9-4-2-5-10-17/h2-7,9-12,19-20H,8,13-16H2,1H3,(H,25,28,29). The third-order valence-electron chi connectivity index (χ3n) is 5.49. The molecule has 30 heavy (non-hydrogen) atoms. The summed E-state index contributed by atoms with van der Waals surface area (Å²) in [6.07, 6.45) is 2.39. The first-order chi connectivity index (χ1) is 14.6. The van der Waals surface area contributed by atoms with Crippen LogP contribution in [-0.2, 0) is 17.6 Å². The van der Waals surface area contributed by atoms with Crippen LogP contribution < -0.4 is 5.32 Å². The number of hydrogen-bond donors (Lipinski definition) is 1. The van der Waals surface area contributed by atoms with E-state index in [0.717, 1.165) is 30.2 Å². The van der Waals surface area contributed by atoms with E-state index in [1.54, 1.807) is 18.8 Å². The Morgan fingerprint density at radius 1 is 0.967 bits per heavy atom. The Balaban J connectivity index is 1.43. The van der Waals surface area contributed by atoms with Crippen LogP contribution in [0.1, 0.15) is 17.5 Å². The van der Waals surface area contributed by atoms with E-state index < -0.39 is 12.2 Å². The number of nitrogens with zero attached hydrogens (tertiary/aromatic N) is 3. The van der Waals surface area contributed by atoms with E-state index in [-0.39, 0.29) is 11.9 Å². The number of aryl methyl sites for hydroxylation is 1. The molecule has 4 rings (SSSR count). The van der Waals surface area contributed by atoms with Crippen molar-refractivity contribution in [2.75, 3.05) is 19.3 Å². The summed E-state index contributed by atoms with van der Waals surface area (Å²) in [5.41, 5.74) is 2.54. The highest BCUT2D eigenvalue weighted by atomic mass is 32.2. The zero-order chi connectivity index (χ0) is 20.9. The molecule has 7 heteroatoms. The highest BCUT2D eigenvalue weighted by Crippen LogP contribution is 2.29. The predicted molar refractivity (Wildman–Crippen MR) is 120 cm³/mol. The lowest BCUT2D eigenvalue weighted by atomic mass is 10.1. The van der Waals surface area contributed by atoms with Crippen LogP contribution in [0.15, 0.2) is 65.7 Å². The normalized spacial score (nSPS) is 20.8. The van der Waals surface area contributed by atoms with Gasteiger partial charge in [0.25, 0.3) is 5.91 Å². The predicted octanol–water partition coefficient (Wildman–Crippen LogP) is 3.14. The first-order valence-corrected chi connectivity index (χ1v) is 11.2. The van der Waals surface area contributed by atoms with Gasteiger partial charge in [0.1, 0.15) is 0 Å². The number of amides is 3. The van der Waals surface area contributed by atoms with Crippen LogP contribution in [0.4, 0.5) is 4.79 Å². The molecular weight excluding hydrogens is 396 g/mol. The van der Waals surface area contributed by atoms with Crippen LogP contribution in [0.25, 0.3) is 0 Å². The van der Waals surface area contributed by atoms with Gasteiger partial charge in [0.15, 0.2) is 17.4 Å². The smallest absolute Gasteiger partial charge is 0.325 e. The minimum absolute atomic E-state index is 0.264. The number of nitrogens with one attached hydrogen (secondary N) is 1. The Morgan fingerprint density at radius 2 is 1.60 bits per heavy atom. The molecule has 0 saturated carbocycles. The van der Waals surface area contributed by atoms with E-state index in [4.69, 9.17) is 4.99 Å².